The van der Waals surface area contributed by atoms with Gasteiger partial charge in [0, 0.05) is 15.6 Å². The lowest BCUT2D eigenvalue weighted by Crippen LogP contribution is -2.19. The third kappa shape index (κ3) is 2.39. The first kappa shape index (κ1) is 13.1. The summed E-state index contributed by atoms with van der Waals surface area (Å²) in [6, 6.07) is 11.6. The Hall–Kier alpha value is -1.94. The maximum Gasteiger partial charge on any atom is 0.196 e. The van der Waals surface area contributed by atoms with Crippen molar-refractivity contribution < 1.29 is 13.9 Å². The average Bonchev–Trinajstić information content (AvgIpc) is 2.45. The van der Waals surface area contributed by atoms with Crippen LogP contribution < -0.4 is 4.74 Å². The van der Waals surface area contributed by atoms with Gasteiger partial charge in [0.15, 0.2) is 5.78 Å². The highest BCUT2D eigenvalue weighted by Gasteiger charge is 2.23. The van der Waals surface area contributed by atoms with E-state index < -0.39 is 0 Å². The molecule has 100 valence electrons. The molecule has 20 heavy (non-hydrogen) atoms. The summed E-state index contributed by atoms with van der Waals surface area (Å²) >= 11 is 3.33. The average molecular weight is 333 g/mol. The molecule has 0 saturated carbocycles. The van der Waals surface area contributed by atoms with Crippen LogP contribution in [0.5, 0.6) is 5.75 Å². The van der Waals surface area contributed by atoms with Gasteiger partial charge in [0.25, 0.3) is 0 Å². The van der Waals surface area contributed by atoms with Gasteiger partial charge in [-0.15, -0.1) is 0 Å². The van der Waals surface area contributed by atoms with Gasteiger partial charge in [0.05, 0.1) is 5.56 Å². The van der Waals surface area contributed by atoms with Crippen molar-refractivity contribution in [3.05, 3.63) is 69.5 Å². The first-order valence-electron chi connectivity index (χ1n) is 6.07. The quantitative estimate of drug-likeness (QED) is 0.730. The molecule has 0 radical (unpaired) electrons. The van der Waals surface area contributed by atoms with Gasteiger partial charge in [-0.2, -0.15) is 0 Å². The Labute approximate surface area is 124 Å². The van der Waals surface area contributed by atoms with Crippen LogP contribution in [-0.4, -0.2) is 12.4 Å². The van der Waals surface area contributed by atoms with E-state index in [0.717, 1.165) is 4.47 Å². The van der Waals surface area contributed by atoms with Crippen LogP contribution in [-0.2, 0) is 0 Å². The van der Waals surface area contributed by atoms with E-state index >= 15 is 0 Å². The number of fused-ring (bicyclic) bond motifs is 1. The Kier molecular flexibility index (Phi) is 3.40. The number of rotatable bonds is 1. The minimum absolute atomic E-state index is 0.129. The Morgan fingerprint density at radius 1 is 1.20 bits per heavy atom. The zero-order valence-electron chi connectivity index (χ0n) is 10.4. The fourth-order valence-corrected chi connectivity index (χ4v) is 2.45. The van der Waals surface area contributed by atoms with Gasteiger partial charge in [-0.05, 0) is 30.3 Å². The Balaban J connectivity index is 2.02. The van der Waals surface area contributed by atoms with Crippen molar-refractivity contribution in [1.82, 2.24) is 0 Å². The second-order valence-corrected chi connectivity index (χ2v) is 5.37. The first-order chi connectivity index (χ1) is 9.65. The molecule has 2 aromatic rings. The van der Waals surface area contributed by atoms with E-state index in [1.165, 1.54) is 6.07 Å². The highest BCUT2D eigenvalue weighted by atomic mass is 79.9. The van der Waals surface area contributed by atoms with E-state index in [1.54, 1.807) is 36.4 Å². The molecule has 0 spiro atoms. The Morgan fingerprint density at radius 3 is 2.80 bits per heavy atom. The molecule has 0 aromatic heterocycles. The molecule has 1 aliphatic heterocycles. The van der Waals surface area contributed by atoms with Gasteiger partial charge < -0.3 is 4.74 Å². The van der Waals surface area contributed by atoms with Crippen LogP contribution in [0.4, 0.5) is 4.39 Å². The number of Topliss-reactive ketones (excluding diaryl/α,β-unsaturated/α-hetero) is 1. The third-order valence-corrected chi connectivity index (χ3v) is 3.59. The third-order valence-electron chi connectivity index (χ3n) is 3.10. The van der Waals surface area contributed by atoms with E-state index in [1.807, 2.05) is 6.07 Å². The van der Waals surface area contributed by atoms with Gasteiger partial charge in [0.2, 0.25) is 0 Å². The summed E-state index contributed by atoms with van der Waals surface area (Å²) in [4.78, 5) is 12.4. The maximum absolute atomic E-state index is 13.6. The summed E-state index contributed by atoms with van der Waals surface area (Å²) in [5.41, 5.74) is 1.33. The second-order valence-electron chi connectivity index (χ2n) is 4.45. The SMILES string of the molecule is O=C1/C(=C/c2ccccc2F)COc2ccc(Br)cc21. The number of carbonyl (C=O) groups is 1. The lowest BCUT2D eigenvalue weighted by Gasteiger charge is -2.19. The molecule has 0 saturated heterocycles. The fourth-order valence-electron chi connectivity index (χ4n) is 2.09. The molecule has 1 aliphatic rings. The topological polar surface area (TPSA) is 26.3 Å². The number of hydrogen-bond acceptors (Lipinski definition) is 2. The summed E-state index contributed by atoms with van der Waals surface area (Å²) in [6.07, 6.45) is 1.54. The van der Waals surface area contributed by atoms with Crippen LogP contribution >= 0.6 is 15.9 Å². The summed E-state index contributed by atoms with van der Waals surface area (Å²) in [6.45, 7) is 0.155. The van der Waals surface area contributed by atoms with Gasteiger partial charge >= 0.3 is 0 Å². The maximum atomic E-state index is 13.6. The van der Waals surface area contributed by atoms with E-state index in [4.69, 9.17) is 4.74 Å². The number of halogens is 2. The predicted octanol–water partition coefficient (Wildman–Crippen LogP) is 4.25. The smallest absolute Gasteiger partial charge is 0.196 e. The van der Waals surface area contributed by atoms with Crippen LogP contribution in [0.25, 0.3) is 6.08 Å². The molecule has 0 atom stereocenters. The monoisotopic (exact) mass is 332 g/mol. The summed E-state index contributed by atoms with van der Waals surface area (Å²) in [5.74, 6) is 0.0764. The molecule has 1 heterocycles. The summed E-state index contributed by atoms with van der Waals surface area (Å²) in [7, 11) is 0. The molecule has 4 heteroatoms. The molecule has 2 nitrogen and oxygen atoms in total. The lowest BCUT2D eigenvalue weighted by atomic mass is 9.98. The fraction of sp³-hybridized carbons (Fsp3) is 0.0625. The van der Waals surface area contributed by atoms with Gasteiger partial charge in [-0.25, -0.2) is 4.39 Å². The van der Waals surface area contributed by atoms with Crippen LogP contribution in [0.1, 0.15) is 15.9 Å². The van der Waals surface area contributed by atoms with Gasteiger partial charge in [0.1, 0.15) is 18.2 Å². The number of benzene rings is 2. The zero-order chi connectivity index (χ0) is 14.1. The standard InChI is InChI=1S/C16H10BrFO2/c17-12-5-6-15-13(8-12)16(19)11(9-20-15)7-10-3-1-2-4-14(10)18/h1-8H,9H2/b11-7+. The molecule has 2 aromatic carbocycles. The first-order valence-corrected chi connectivity index (χ1v) is 6.86. The van der Waals surface area contributed by atoms with Crippen molar-refractivity contribution in [3.8, 4) is 5.75 Å². The van der Waals surface area contributed by atoms with E-state index in [-0.39, 0.29) is 18.2 Å². The Morgan fingerprint density at radius 2 is 2.00 bits per heavy atom. The molecule has 0 N–H and O–H groups in total. The highest BCUT2D eigenvalue weighted by Crippen LogP contribution is 2.30. The highest BCUT2D eigenvalue weighted by molar-refractivity contribution is 9.10. The van der Waals surface area contributed by atoms with Gasteiger partial charge in [-0.3, -0.25) is 4.79 Å². The summed E-state index contributed by atoms with van der Waals surface area (Å²) in [5, 5.41) is 0. The molecule has 3 rings (SSSR count). The van der Waals surface area contributed by atoms with Crippen molar-refractivity contribution in [3.63, 3.8) is 0 Å². The minimum atomic E-state index is -0.354. The zero-order valence-corrected chi connectivity index (χ0v) is 12.0. The van der Waals surface area contributed by atoms with Crippen LogP contribution in [0.2, 0.25) is 0 Å². The summed E-state index contributed by atoms with van der Waals surface area (Å²) < 4.78 is 20.0. The van der Waals surface area contributed by atoms with Crippen LogP contribution in [0.3, 0.4) is 0 Å². The van der Waals surface area contributed by atoms with Crippen molar-refractivity contribution in [2.24, 2.45) is 0 Å². The molecular formula is C16H10BrFO2. The van der Waals surface area contributed by atoms with Crippen LogP contribution in [0.15, 0.2) is 52.5 Å². The van der Waals surface area contributed by atoms with Crippen LogP contribution in [0, 0.1) is 5.82 Å². The minimum Gasteiger partial charge on any atom is -0.488 e. The number of ether oxygens (including phenoxy) is 1. The normalized spacial score (nSPS) is 15.9. The molecule has 0 fully saturated rings. The van der Waals surface area contributed by atoms with E-state index in [0.29, 0.717) is 22.4 Å². The van der Waals surface area contributed by atoms with Crippen molar-refractivity contribution in [2.75, 3.05) is 6.61 Å². The number of ketones is 1. The molecule has 0 unspecified atom stereocenters. The van der Waals surface area contributed by atoms with E-state index in [2.05, 4.69) is 15.9 Å². The number of hydrogen-bond donors (Lipinski definition) is 0. The largest absolute Gasteiger partial charge is 0.488 e. The molecule has 0 amide bonds. The Bertz CT molecular complexity index is 722. The predicted molar refractivity (Wildman–Crippen MR) is 78.3 cm³/mol. The lowest BCUT2D eigenvalue weighted by molar-refractivity contribution is 0.100. The van der Waals surface area contributed by atoms with Crippen molar-refractivity contribution >= 4 is 27.8 Å². The molecule has 0 aliphatic carbocycles. The van der Waals surface area contributed by atoms with E-state index in [9.17, 15) is 9.18 Å². The van der Waals surface area contributed by atoms with Crippen molar-refractivity contribution in [2.45, 2.75) is 0 Å². The second kappa shape index (κ2) is 5.21. The molecular weight excluding hydrogens is 323 g/mol. The number of carbonyl (C=O) groups excluding carboxylic acids is 1. The van der Waals surface area contributed by atoms with Crippen molar-refractivity contribution in [1.29, 1.82) is 0 Å². The molecule has 0 bridgehead atoms. The van der Waals surface area contributed by atoms with Gasteiger partial charge in [-0.1, -0.05) is 34.1 Å².